The van der Waals surface area contributed by atoms with Crippen LogP contribution in [0.2, 0.25) is 0 Å². The zero-order valence-corrected chi connectivity index (χ0v) is 11.7. The van der Waals surface area contributed by atoms with E-state index in [0.717, 1.165) is 0 Å². The van der Waals surface area contributed by atoms with E-state index in [0.29, 0.717) is 0 Å². The second-order valence-electron chi connectivity index (χ2n) is 4.86. The third-order valence-electron chi connectivity index (χ3n) is 3.22. The van der Waals surface area contributed by atoms with E-state index in [1.807, 2.05) is 0 Å². The molecular weight excluding hydrogens is 319 g/mol. The van der Waals surface area contributed by atoms with Crippen LogP contribution in [0.15, 0.2) is 30.3 Å². The maximum atomic E-state index is 12.3. The quantitative estimate of drug-likeness (QED) is 0.806. The number of nitrogens with one attached hydrogen (secondary N) is 1. The summed E-state index contributed by atoms with van der Waals surface area (Å²) in [5.74, 6) is -3.01. The van der Waals surface area contributed by atoms with E-state index in [1.165, 1.54) is 12.1 Å². The molecule has 0 aromatic heterocycles. The minimum absolute atomic E-state index is 0.0361. The first-order valence-corrected chi connectivity index (χ1v) is 6.72. The molecule has 126 valence electrons. The third kappa shape index (κ3) is 4.42. The van der Waals surface area contributed by atoms with Crippen LogP contribution in [-0.2, 0) is 14.3 Å². The van der Waals surface area contributed by atoms with Gasteiger partial charge >= 0.3 is 18.1 Å². The Balaban J connectivity index is 2.09. The Bertz CT molecular complexity index is 563. The van der Waals surface area contributed by atoms with Crippen molar-refractivity contribution in [1.29, 1.82) is 0 Å². The number of esters is 1. The number of benzene rings is 1. The van der Waals surface area contributed by atoms with E-state index in [2.05, 4.69) is 0 Å². The first-order chi connectivity index (χ1) is 10.8. The first kappa shape index (κ1) is 17.2. The van der Waals surface area contributed by atoms with E-state index < -0.39 is 36.5 Å². The molecule has 1 saturated heterocycles. The normalized spacial score (nSPS) is 24.8. The molecule has 1 fully saturated rings. The number of amides is 1. The molecule has 1 aromatic rings. The van der Waals surface area contributed by atoms with Gasteiger partial charge in [0.2, 0.25) is 0 Å². The zero-order valence-electron chi connectivity index (χ0n) is 11.7. The van der Waals surface area contributed by atoms with Gasteiger partial charge in [-0.15, -0.1) is 0 Å². The summed E-state index contributed by atoms with van der Waals surface area (Å²) in [7, 11) is 0. The fourth-order valence-corrected chi connectivity index (χ4v) is 2.08. The lowest BCUT2D eigenvalue weighted by Crippen LogP contribution is -2.57. The van der Waals surface area contributed by atoms with Crippen molar-refractivity contribution in [1.82, 2.24) is 5.32 Å². The number of hydrogen-bond acceptors (Lipinski definition) is 5. The van der Waals surface area contributed by atoms with E-state index in [4.69, 9.17) is 9.47 Å². The molecule has 9 heteroatoms. The van der Waals surface area contributed by atoms with Crippen molar-refractivity contribution in [3.8, 4) is 0 Å². The average Bonchev–Trinajstić information content (AvgIpc) is 2.50. The topological polar surface area (TPSA) is 84.9 Å². The minimum Gasteiger partial charge on any atom is -0.451 e. The van der Waals surface area contributed by atoms with Crippen molar-refractivity contribution in [2.24, 2.45) is 0 Å². The highest BCUT2D eigenvalue weighted by Crippen LogP contribution is 2.21. The van der Waals surface area contributed by atoms with Gasteiger partial charge in [-0.25, -0.2) is 4.79 Å². The van der Waals surface area contributed by atoms with E-state index in [9.17, 15) is 27.9 Å². The van der Waals surface area contributed by atoms with Crippen molar-refractivity contribution in [3.05, 3.63) is 35.9 Å². The molecule has 0 bridgehead atoms. The molecule has 0 saturated carbocycles. The molecule has 1 aliphatic rings. The summed E-state index contributed by atoms with van der Waals surface area (Å²) in [6.45, 7) is -0.0800. The molecule has 0 radical (unpaired) electrons. The smallest absolute Gasteiger partial charge is 0.451 e. The predicted octanol–water partition coefficient (Wildman–Crippen LogP) is 0.998. The molecule has 0 aliphatic carbocycles. The van der Waals surface area contributed by atoms with Gasteiger partial charge in [-0.2, -0.15) is 13.2 Å². The number of alkyl halides is 3. The van der Waals surface area contributed by atoms with Crippen LogP contribution in [0.25, 0.3) is 0 Å². The lowest BCUT2D eigenvalue weighted by molar-refractivity contribution is -0.202. The van der Waals surface area contributed by atoms with Crippen LogP contribution in [0.3, 0.4) is 0 Å². The summed E-state index contributed by atoms with van der Waals surface area (Å²) < 4.78 is 46.9. The van der Waals surface area contributed by atoms with Crippen LogP contribution in [-0.4, -0.2) is 48.2 Å². The Morgan fingerprint density at radius 1 is 1.26 bits per heavy atom. The Labute approximate surface area is 129 Å². The SMILES string of the molecule is O=C(O[C@H]1C(O)OCC[C@H]1NC(=O)C(F)(F)F)c1ccccc1. The monoisotopic (exact) mass is 333 g/mol. The molecule has 1 heterocycles. The fraction of sp³-hybridized carbons (Fsp3) is 0.429. The Kier molecular flexibility index (Phi) is 5.22. The minimum atomic E-state index is -5.07. The molecule has 2 N–H and O–H groups in total. The maximum absolute atomic E-state index is 12.3. The molecule has 23 heavy (non-hydrogen) atoms. The van der Waals surface area contributed by atoms with Crippen molar-refractivity contribution < 1.29 is 37.3 Å². The number of aliphatic hydroxyl groups excluding tert-OH is 1. The lowest BCUT2D eigenvalue weighted by Gasteiger charge is -2.35. The fourth-order valence-electron chi connectivity index (χ4n) is 2.08. The molecule has 1 amide bonds. The molecule has 0 spiro atoms. The van der Waals surface area contributed by atoms with Gasteiger partial charge in [-0.05, 0) is 18.6 Å². The number of hydrogen-bond donors (Lipinski definition) is 2. The molecule has 6 nitrogen and oxygen atoms in total. The lowest BCUT2D eigenvalue weighted by atomic mass is 10.0. The van der Waals surface area contributed by atoms with Crippen LogP contribution in [0.4, 0.5) is 13.2 Å². The number of aliphatic hydroxyl groups is 1. The maximum Gasteiger partial charge on any atom is 0.471 e. The van der Waals surface area contributed by atoms with Gasteiger partial charge in [0.05, 0.1) is 18.2 Å². The molecule has 3 atom stereocenters. The largest absolute Gasteiger partial charge is 0.471 e. The van der Waals surface area contributed by atoms with Crippen molar-refractivity contribution >= 4 is 11.9 Å². The highest BCUT2D eigenvalue weighted by Gasteiger charge is 2.44. The van der Waals surface area contributed by atoms with E-state index >= 15 is 0 Å². The highest BCUT2D eigenvalue weighted by atomic mass is 19.4. The summed E-state index contributed by atoms with van der Waals surface area (Å²) in [6, 6.07) is 6.51. The van der Waals surface area contributed by atoms with Crippen molar-refractivity contribution in [3.63, 3.8) is 0 Å². The second-order valence-corrected chi connectivity index (χ2v) is 4.86. The number of carbonyl (C=O) groups excluding carboxylic acids is 2. The molecule has 1 unspecified atom stereocenters. The molecule has 2 rings (SSSR count). The van der Waals surface area contributed by atoms with Gasteiger partial charge in [-0.3, -0.25) is 4.79 Å². The average molecular weight is 333 g/mol. The van der Waals surface area contributed by atoms with Gasteiger partial charge in [0.1, 0.15) is 0 Å². The standard InChI is InChI=1S/C14H14F3NO5/c15-14(16,17)13(21)18-9-6-7-22-12(20)10(9)23-11(19)8-4-2-1-3-5-8/h1-5,9-10,12,20H,6-7H2,(H,18,21)/t9-,10-,12?/m1/s1. The van der Waals surface area contributed by atoms with Gasteiger partial charge in [0.15, 0.2) is 12.4 Å². The predicted molar refractivity (Wildman–Crippen MR) is 70.2 cm³/mol. The molecule has 1 aromatic carbocycles. The summed E-state index contributed by atoms with van der Waals surface area (Å²) >= 11 is 0. The summed E-state index contributed by atoms with van der Waals surface area (Å²) in [5.41, 5.74) is 0.158. The summed E-state index contributed by atoms with van der Waals surface area (Å²) in [6.07, 6.45) is -8.18. The van der Waals surface area contributed by atoms with Crippen LogP contribution in [0.5, 0.6) is 0 Å². The Morgan fingerprint density at radius 2 is 1.91 bits per heavy atom. The van der Waals surface area contributed by atoms with Crippen LogP contribution in [0.1, 0.15) is 16.8 Å². The highest BCUT2D eigenvalue weighted by molar-refractivity contribution is 5.89. The first-order valence-electron chi connectivity index (χ1n) is 6.72. The van der Waals surface area contributed by atoms with Gasteiger partial charge in [0, 0.05) is 0 Å². The van der Waals surface area contributed by atoms with Crippen LogP contribution >= 0.6 is 0 Å². The van der Waals surface area contributed by atoms with E-state index in [1.54, 1.807) is 23.5 Å². The van der Waals surface area contributed by atoms with Crippen molar-refractivity contribution in [2.45, 2.75) is 31.0 Å². The second kappa shape index (κ2) is 6.97. The molecular formula is C14H14F3NO5. The van der Waals surface area contributed by atoms with Crippen molar-refractivity contribution in [2.75, 3.05) is 6.61 Å². The van der Waals surface area contributed by atoms with Gasteiger partial charge in [-0.1, -0.05) is 18.2 Å². The zero-order chi connectivity index (χ0) is 17.0. The van der Waals surface area contributed by atoms with Crippen LogP contribution in [0, 0.1) is 0 Å². The summed E-state index contributed by atoms with van der Waals surface area (Å²) in [5, 5.41) is 11.4. The molecule has 1 aliphatic heterocycles. The Morgan fingerprint density at radius 3 is 2.52 bits per heavy atom. The number of halogens is 3. The van der Waals surface area contributed by atoms with E-state index in [-0.39, 0.29) is 18.6 Å². The summed E-state index contributed by atoms with van der Waals surface area (Å²) in [4.78, 5) is 23.0. The number of carbonyl (C=O) groups is 2. The Hall–Kier alpha value is -2.13. The number of rotatable bonds is 3. The third-order valence-corrected chi connectivity index (χ3v) is 3.22. The number of ether oxygens (including phenoxy) is 2. The van der Waals surface area contributed by atoms with Crippen LogP contribution < -0.4 is 5.32 Å². The van der Waals surface area contributed by atoms with Gasteiger partial charge in [0.25, 0.3) is 0 Å². The van der Waals surface area contributed by atoms with Gasteiger partial charge < -0.3 is 19.9 Å².